The molecular weight excluding hydrogens is 509 g/mol. The molecule has 0 spiro atoms. The van der Waals surface area contributed by atoms with Crippen LogP contribution in [0.4, 0.5) is 5.69 Å². The molecule has 0 bridgehead atoms. The molecule has 2 aromatic carbocycles. The lowest BCUT2D eigenvalue weighted by atomic mass is 10.1. The number of rotatable bonds is 11. The Morgan fingerprint density at radius 1 is 1.06 bits per heavy atom. The third-order valence-corrected chi connectivity index (χ3v) is 7.75. The number of benzene rings is 2. The number of carbonyl (C=O) groups is 2. The normalized spacial score (nSPS) is 12.2. The number of unbranched alkanes of at least 4 members (excludes halogenated alkanes) is 1. The predicted molar refractivity (Wildman–Crippen MR) is 142 cm³/mol. The molecule has 10 heteroatoms. The van der Waals surface area contributed by atoms with Crippen molar-refractivity contribution >= 4 is 50.7 Å². The SMILES string of the molecule is CCCCNC(=O)C(C)N(Cc1c(Cl)cccc1Cl)C(=O)CN(c1cccc(C)c1C)S(C)(=O)=O. The van der Waals surface area contributed by atoms with E-state index in [2.05, 4.69) is 5.32 Å². The van der Waals surface area contributed by atoms with Crippen LogP contribution in [0.5, 0.6) is 0 Å². The number of amides is 2. The monoisotopic (exact) mass is 541 g/mol. The Kier molecular flexibility index (Phi) is 10.4. The van der Waals surface area contributed by atoms with Crippen LogP contribution >= 0.6 is 23.2 Å². The Hall–Kier alpha value is -2.29. The molecule has 0 radical (unpaired) electrons. The zero-order valence-electron chi connectivity index (χ0n) is 20.8. The highest BCUT2D eigenvalue weighted by atomic mass is 35.5. The molecule has 1 atom stereocenters. The predicted octanol–water partition coefficient (Wildman–Crippen LogP) is 4.71. The summed E-state index contributed by atoms with van der Waals surface area (Å²) in [5.74, 6) is -0.891. The molecular formula is C25H33Cl2N3O4S. The van der Waals surface area contributed by atoms with E-state index < -0.39 is 28.5 Å². The van der Waals surface area contributed by atoms with Gasteiger partial charge in [0.1, 0.15) is 12.6 Å². The topological polar surface area (TPSA) is 86.8 Å². The van der Waals surface area contributed by atoms with E-state index in [0.717, 1.165) is 34.5 Å². The first-order valence-corrected chi connectivity index (χ1v) is 14.0. The fourth-order valence-corrected chi connectivity index (χ4v) is 4.99. The van der Waals surface area contributed by atoms with E-state index >= 15 is 0 Å². The molecule has 192 valence electrons. The van der Waals surface area contributed by atoms with Crippen molar-refractivity contribution in [2.75, 3.05) is 23.7 Å². The Balaban J connectivity index is 2.45. The number of nitrogens with zero attached hydrogens (tertiary/aromatic N) is 2. The molecule has 0 saturated carbocycles. The summed E-state index contributed by atoms with van der Waals surface area (Å²) in [6.45, 7) is 7.24. The minimum atomic E-state index is -3.81. The maximum Gasteiger partial charge on any atom is 0.244 e. The highest BCUT2D eigenvalue weighted by Gasteiger charge is 2.31. The van der Waals surface area contributed by atoms with Crippen molar-refractivity contribution in [2.24, 2.45) is 0 Å². The zero-order valence-corrected chi connectivity index (χ0v) is 23.1. The van der Waals surface area contributed by atoms with E-state index in [9.17, 15) is 18.0 Å². The Morgan fingerprint density at radius 3 is 2.23 bits per heavy atom. The van der Waals surface area contributed by atoms with Gasteiger partial charge >= 0.3 is 0 Å². The first-order chi connectivity index (χ1) is 16.4. The van der Waals surface area contributed by atoms with Gasteiger partial charge in [0.25, 0.3) is 0 Å². The average molecular weight is 543 g/mol. The highest BCUT2D eigenvalue weighted by molar-refractivity contribution is 7.92. The Bertz CT molecular complexity index is 1150. The number of anilines is 1. The number of sulfonamides is 1. The number of nitrogens with one attached hydrogen (secondary N) is 1. The van der Waals surface area contributed by atoms with Crippen LogP contribution in [-0.4, -0.2) is 50.5 Å². The molecule has 0 heterocycles. The van der Waals surface area contributed by atoms with E-state index in [1.807, 2.05) is 19.9 Å². The van der Waals surface area contributed by atoms with E-state index in [1.165, 1.54) is 4.90 Å². The van der Waals surface area contributed by atoms with E-state index in [4.69, 9.17) is 23.2 Å². The minimum absolute atomic E-state index is 0.0515. The molecule has 35 heavy (non-hydrogen) atoms. The van der Waals surface area contributed by atoms with Gasteiger partial charge in [-0.15, -0.1) is 0 Å². The number of hydrogen-bond donors (Lipinski definition) is 1. The lowest BCUT2D eigenvalue weighted by Crippen LogP contribution is -2.51. The fourth-order valence-electron chi connectivity index (χ4n) is 3.57. The molecule has 1 N–H and O–H groups in total. The van der Waals surface area contributed by atoms with Crippen LogP contribution < -0.4 is 9.62 Å². The maximum absolute atomic E-state index is 13.6. The smallest absolute Gasteiger partial charge is 0.244 e. The standard InChI is InChI=1S/C25H33Cl2N3O4S/c1-6-7-14-28-25(32)19(4)29(15-20-21(26)11-9-12-22(20)27)24(31)16-30(35(5,33)34)23-13-8-10-17(2)18(23)3/h8-13,19H,6-7,14-16H2,1-5H3,(H,28,32). The maximum atomic E-state index is 13.6. The summed E-state index contributed by atoms with van der Waals surface area (Å²) in [6.07, 6.45) is 2.77. The molecule has 0 aliphatic heterocycles. The van der Waals surface area contributed by atoms with Gasteiger partial charge in [-0.1, -0.05) is 54.7 Å². The number of carbonyl (C=O) groups excluding carboxylic acids is 2. The number of aryl methyl sites for hydroxylation is 1. The first-order valence-electron chi connectivity index (χ1n) is 11.4. The van der Waals surface area contributed by atoms with Crippen LogP contribution in [0, 0.1) is 13.8 Å². The molecule has 0 aromatic heterocycles. The Morgan fingerprint density at radius 2 is 1.66 bits per heavy atom. The summed E-state index contributed by atoms with van der Waals surface area (Å²) in [5.41, 5.74) is 2.54. The molecule has 2 amide bonds. The zero-order chi connectivity index (χ0) is 26.3. The van der Waals surface area contributed by atoms with Gasteiger partial charge < -0.3 is 10.2 Å². The van der Waals surface area contributed by atoms with E-state index in [0.29, 0.717) is 27.8 Å². The summed E-state index contributed by atoms with van der Waals surface area (Å²) < 4.78 is 26.5. The van der Waals surface area contributed by atoms with E-state index in [1.54, 1.807) is 44.2 Å². The molecule has 2 rings (SSSR count). The second-order valence-electron chi connectivity index (χ2n) is 8.53. The molecule has 7 nitrogen and oxygen atoms in total. The summed E-state index contributed by atoms with van der Waals surface area (Å²) in [5, 5.41) is 3.54. The van der Waals surface area contributed by atoms with Crippen molar-refractivity contribution in [3.8, 4) is 0 Å². The summed E-state index contributed by atoms with van der Waals surface area (Å²) in [7, 11) is -3.81. The molecule has 0 aliphatic rings. The van der Waals surface area contributed by atoms with Crippen LogP contribution in [0.2, 0.25) is 10.0 Å². The van der Waals surface area contributed by atoms with Gasteiger partial charge in [0, 0.05) is 28.7 Å². The van der Waals surface area contributed by atoms with Gasteiger partial charge in [0.2, 0.25) is 21.8 Å². The van der Waals surface area contributed by atoms with Crippen LogP contribution in [0.1, 0.15) is 43.4 Å². The van der Waals surface area contributed by atoms with Crippen molar-refractivity contribution in [3.05, 3.63) is 63.1 Å². The lowest BCUT2D eigenvalue weighted by molar-refractivity contribution is -0.139. The van der Waals surface area contributed by atoms with Crippen molar-refractivity contribution in [1.29, 1.82) is 0 Å². The Labute approximate surface area is 218 Å². The van der Waals surface area contributed by atoms with Gasteiger partial charge in [0.05, 0.1) is 11.9 Å². The summed E-state index contributed by atoms with van der Waals surface area (Å²) in [4.78, 5) is 27.8. The first kappa shape index (κ1) is 28.9. The van der Waals surface area contributed by atoms with Crippen LogP contribution in [0.3, 0.4) is 0 Å². The molecule has 0 aliphatic carbocycles. The van der Waals surface area contributed by atoms with Crippen molar-refractivity contribution in [2.45, 2.75) is 53.1 Å². The molecule has 1 unspecified atom stereocenters. The van der Waals surface area contributed by atoms with Crippen molar-refractivity contribution in [1.82, 2.24) is 10.2 Å². The lowest BCUT2D eigenvalue weighted by Gasteiger charge is -2.32. The third kappa shape index (κ3) is 7.59. The fraction of sp³-hybridized carbons (Fsp3) is 0.440. The van der Waals surface area contributed by atoms with Gasteiger partial charge in [-0.25, -0.2) is 8.42 Å². The highest BCUT2D eigenvalue weighted by Crippen LogP contribution is 2.28. The minimum Gasteiger partial charge on any atom is -0.354 e. The quantitative estimate of drug-likeness (QED) is 0.417. The second-order valence-corrected chi connectivity index (χ2v) is 11.3. The third-order valence-electron chi connectivity index (χ3n) is 5.91. The van der Waals surface area contributed by atoms with Gasteiger partial charge in [-0.05, 0) is 56.5 Å². The van der Waals surface area contributed by atoms with Crippen LogP contribution in [0.25, 0.3) is 0 Å². The van der Waals surface area contributed by atoms with Gasteiger partial charge in [0.15, 0.2) is 0 Å². The van der Waals surface area contributed by atoms with Crippen molar-refractivity contribution in [3.63, 3.8) is 0 Å². The van der Waals surface area contributed by atoms with Gasteiger partial charge in [-0.2, -0.15) is 0 Å². The van der Waals surface area contributed by atoms with Crippen LogP contribution in [0.15, 0.2) is 36.4 Å². The van der Waals surface area contributed by atoms with Crippen molar-refractivity contribution < 1.29 is 18.0 Å². The van der Waals surface area contributed by atoms with Crippen LogP contribution in [-0.2, 0) is 26.2 Å². The molecule has 0 saturated heterocycles. The second kappa shape index (κ2) is 12.6. The summed E-state index contributed by atoms with van der Waals surface area (Å²) >= 11 is 12.7. The molecule has 0 fully saturated rings. The molecule has 2 aromatic rings. The summed E-state index contributed by atoms with van der Waals surface area (Å²) in [6, 6.07) is 9.37. The van der Waals surface area contributed by atoms with Gasteiger partial charge in [-0.3, -0.25) is 13.9 Å². The van der Waals surface area contributed by atoms with E-state index in [-0.39, 0.29) is 12.5 Å². The number of halogens is 2. The largest absolute Gasteiger partial charge is 0.354 e. The average Bonchev–Trinajstić information content (AvgIpc) is 2.78. The number of hydrogen-bond acceptors (Lipinski definition) is 4.